The Balaban J connectivity index is 3.77. The van der Waals surface area contributed by atoms with E-state index in [9.17, 15) is 13.2 Å². The highest BCUT2D eigenvalue weighted by atomic mass is 19.4. The molecule has 0 rings (SSSR count). The van der Waals surface area contributed by atoms with Crippen LogP contribution in [-0.4, -0.2) is 32.5 Å². The van der Waals surface area contributed by atoms with E-state index in [4.69, 9.17) is 0 Å². The van der Waals surface area contributed by atoms with E-state index in [1.807, 2.05) is 13.8 Å². The number of halogens is 3. The average molecular weight is 241 g/mol. The number of alkyl halides is 3. The van der Waals surface area contributed by atoms with Crippen LogP contribution in [0.3, 0.4) is 0 Å². The normalized spacial score (nSPS) is 16.1. The molecule has 0 heterocycles. The van der Waals surface area contributed by atoms with Crippen LogP contribution >= 0.6 is 0 Å². The number of rotatable bonds is 8. The molecule has 0 radical (unpaired) electrons. The van der Waals surface area contributed by atoms with Crippen LogP contribution in [0.1, 0.15) is 33.6 Å². The molecule has 0 aliphatic carbocycles. The van der Waals surface area contributed by atoms with Gasteiger partial charge in [0.15, 0.2) is 0 Å². The van der Waals surface area contributed by atoms with E-state index in [1.54, 1.807) is 0 Å². The lowest BCUT2D eigenvalue weighted by atomic mass is 9.84. The monoisotopic (exact) mass is 241 g/mol. The van der Waals surface area contributed by atoms with E-state index in [1.165, 1.54) is 0 Å². The predicted octanol–water partition coefficient (Wildman–Crippen LogP) is 2.98. The van der Waals surface area contributed by atoms with Crippen molar-refractivity contribution in [3.05, 3.63) is 0 Å². The van der Waals surface area contributed by atoms with Gasteiger partial charge < -0.3 is 10.1 Å². The summed E-state index contributed by atoms with van der Waals surface area (Å²) in [6.45, 7) is 6.82. The maximum absolute atomic E-state index is 11.8. The molecule has 0 fully saturated rings. The fraction of sp³-hybridized carbons (Fsp3) is 1.00. The van der Waals surface area contributed by atoms with E-state index in [0.717, 1.165) is 19.5 Å². The van der Waals surface area contributed by atoms with Crippen molar-refractivity contribution in [3.63, 3.8) is 0 Å². The Morgan fingerprint density at radius 2 is 1.81 bits per heavy atom. The van der Waals surface area contributed by atoms with Gasteiger partial charge in [-0.15, -0.1) is 0 Å². The summed E-state index contributed by atoms with van der Waals surface area (Å²) in [6, 6.07) is 0. The maximum Gasteiger partial charge on any atom is 0.411 e. The minimum Gasteiger partial charge on any atom is -0.372 e. The molecule has 16 heavy (non-hydrogen) atoms. The minimum absolute atomic E-state index is 0.0155. The van der Waals surface area contributed by atoms with E-state index in [-0.39, 0.29) is 12.0 Å². The highest BCUT2D eigenvalue weighted by Crippen LogP contribution is 2.25. The first-order valence-corrected chi connectivity index (χ1v) is 5.68. The summed E-state index contributed by atoms with van der Waals surface area (Å²) in [4.78, 5) is 0. The summed E-state index contributed by atoms with van der Waals surface area (Å²) in [5.41, 5.74) is 0.0155. The number of hydrogen-bond donors (Lipinski definition) is 1. The van der Waals surface area contributed by atoms with Gasteiger partial charge in [-0.3, -0.25) is 0 Å². The van der Waals surface area contributed by atoms with Gasteiger partial charge in [0, 0.05) is 13.2 Å². The first-order valence-electron chi connectivity index (χ1n) is 5.68. The molecular weight excluding hydrogens is 219 g/mol. The summed E-state index contributed by atoms with van der Waals surface area (Å²) in [5, 5.41) is 3.22. The van der Waals surface area contributed by atoms with Gasteiger partial charge in [0.25, 0.3) is 0 Å². The molecule has 1 N–H and O–H groups in total. The molecule has 0 saturated heterocycles. The molecule has 0 saturated carbocycles. The molecule has 0 amide bonds. The molecule has 1 unspecified atom stereocenters. The quantitative estimate of drug-likeness (QED) is 0.660. The van der Waals surface area contributed by atoms with Crippen molar-refractivity contribution in [2.45, 2.75) is 39.8 Å². The van der Waals surface area contributed by atoms with Crippen molar-refractivity contribution in [1.29, 1.82) is 0 Å². The van der Waals surface area contributed by atoms with Crippen LogP contribution in [-0.2, 0) is 4.74 Å². The predicted molar refractivity (Wildman–Crippen MR) is 58.4 cm³/mol. The Morgan fingerprint density at radius 1 is 1.19 bits per heavy atom. The Morgan fingerprint density at radius 3 is 2.25 bits per heavy atom. The van der Waals surface area contributed by atoms with Gasteiger partial charge in [-0.05, 0) is 24.8 Å². The van der Waals surface area contributed by atoms with Crippen molar-refractivity contribution in [1.82, 2.24) is 5.32 Å². The second-order valence-corrected chi connectivity index (χ2v) is 4.36. The van der Waals surface area contributed by atoms with Crippen molar-refractivity contribution < 1.29 is 17.9 Å². The van der Waals surface area contributed by atoms with Crippen molar-refractivity contribution in [3.8, 4) is 0 Å². The Kier molecular flexibility index (Phi) is 6.99. The third kappa shape index (κ3) is 7.93. The van der Waals surface area contributed by atoms with Crippen LogP contribution in [0, 0.1) is 5.41 Å². The summed E-state index contributed by atoms with van der Waals surface area (Å²) in [6.07, 6.45) is -2.65. The van der Waals surface area contributed by atoms with E-state index in [2.05, 4.69) is 17.0 Å². The maximum atomic E-state index is 11.8. The third-order valence-electron chi connectivity index (χ3n) is 2.77. The minimum atomic E-state index is -4.22. The molecule has 5 heteroatoms. The molecule has 0 bridgehead atoms. The van der Waals surface area contributed by atoms with Gasteiger partial charge in [0.1, 0.15) is 6.61 Å². The standard InChI is InChI=1S/C11H22F3NO/c1-4-10(3,8-15-5-2)6-7-16-9-11(12,13)14/h15H,4-9H2,1-3H3. The topological polar surface area (TPSA) is 21.3 Å². The summed E-state index contributed by atoms with van der Waals surface area (Å²) in [5.74, 6) is 0. The molecule has 0 spiro atoms. The average Bonchev–Trinajstić information content (AvgIpc) is 2.20. The van der Waals surface area contributed by atoms with Gasteiger partial charge in [-0.2, -0.15) is 13.2 Å². The molecule has 0 aromatic rings. The lowest BCUT2D eigenvalue weighted by Gasteiger charge is -2.28. The second kappa shape index (κ2) is 7.12. The zero-order chi connectivity index (χ0) is 12.7. The van der Waals surface area contributed by atoms with Crippen LogP contribution in [0.4, 0.5) is 13.2 Å². The van der Waals surface area contributed by atoms with Gasteiger partial charge in [-0.1, -0.05) is 20.8 Å². The third-order valence-corrected chi connectivity index (χ3v) is 2.77. The molecule has 0 aromatic heterocycles. The van der Waals surface area contributed by atoms with E-state index >= 15 is 0 Å². The van der Waals surface area contributed by atoms with Crippen molar-refractivity contribution >= 4 is 0 Å². The number of hydrogen-bond acceptors (Lipinski definition) is 2. The molecule has 98 valence electrons. The summed E-state index contributed by atoms with van der Waals surface area (Å²) >= 11 is 0. The zero-order valence-electron chi connectivity index (χ0n) is 10.3. The van der Waals surface area contributed by atoms with Gasteiger partial charge in [0.2, 0.25) is 0 Å². The summed E-state index contributed by atoms with van der Waals surface area (Å²) in [7, 11) is 0. The Hall–Kier alpha value is -0.290. The highest BCUT2D eigenvalue weighted by Gasteiger charge is 2.28. The van der Waals surface area contributed by atoms with Gasteiger partial charge in [0.05, 0.1) is 0 Å². The van der Waals surface area contributed by atoms with E-state index < -0.39 is 12.8 Å². The Labute approximate surface area is 95.5 Å². The SMILES string of the molecule is CCNCC(C)(CC)CCOCC(F)(F)F. The van der Waals surface area contributed by atoms with Gasteiger partial charge >= 0.3 is 6.18 Å². The molecular formula is C11H22F3NO. The van der Waals surface area contributed by atoms with Gasteiger partial charge in [-0.25, -0.2) is 0 Å². The smallest absolute Gasteiger partial charge is 0.372 e. The second-order valence-electron chi connectivity index (χ2n) is 4.36. The molecule has 1 atom stereocenters. The van der Waals surface area contributed by atoms with Crippen LogP contribution in [0.5, 0.6) is 0 Å². The fourth-order valence-electron chi connectivity index (χ4n) is 1.32. The van der Waals surface area contributed by atoms with Crippen LogP contribution < -0.4 is 5.32 Å². The number of ether oxygens (including phenoxy) is 1. The first kappa shape index (κ1) is 15.7. The molecule has 2 nitrogen and oxygen atoms in total. The highest BCUT2D eigenvalue weighted by molar-refractivity contribution is 4.75. The first-order chi connectivity index (χ1) is 7.33. The van der Waals surface area contributed by atoms with Crippen LogP contribution in [0.2, 0.25) is 0 Å². The Bertz CT molecular complexity index is 185. The lowest BCUT2D eigenvalue weighted by Crippen LogP contribution is -2.32. The zero-order valence-corrected chi connectivity index (χ0v) is 10.3. The summed E-state index contributed by atoms with van der Waals surface area (Å²) < 4.78 is 40.1. The molecule has 0 aliphatic rings. The lowest BCUT2D eigenvalue weighted by molar-refractivity contribution is -0.175. The van der Waals surface area contributed by atoms with Crippen molar-refractivity contribution in [2.24, 2.45) is 5.41 Å². The van der Waals surface area contributed by atoms with Crippen LogP contribution in [0.25, 0.3) is 0 Å². The van der Waals surface area contributed by atoms with E-state index in [0.29, 0.717) is 6.42 Å². The van der Waals surface area contributed by atoms with Crippen LogP contribution in [0.15, 0.2) is 0 Å². The van der Waals surface area contributed by atoms with Crippen molar-refractivity contribution in [2.75, 3.05) is 26.3 Å². The number of nitrogens with one attached hydrogen (secondary N) is 1. The largest absolute Gasteiger partial charge is 0.411 e. The molecule has 0 aliphatic heterocycles. The fourth-order valence-corrected chi connectivity index (χ4v) is 1.32. The molecule has 0 aromatic carbocycles.